The Labute approximate surface area is 79.0 Å². The van der Waals surface area contributed by atoms with Crippen molar-refractivity contribution < 1.29 is 0 Å². The molecule has 1 aromatic rings. The Balaban J connectivity index is 2.59. The Hall–Kier alpha value is -1.16. The van der Waals surface area contributed by atoms with E-state index in [-0.39, 0.29) is 0 Å². The molecular formula is C9H16N4. The molecule has 1 rings (SSSR count). The molecule has 0 saturated carbocycles. The predicted octanol–water partition coefficient (Wildman–Crippen LogP) is 0.652. The maximum Gasteiger partial charge on any atom is 0.224 e. The molecule has 0 bridgehead atoms. The van der Waals surface area contributed by atoms with Gasteiger partial charge < -0.3 is 10.2 Å². The molecule has 4 heteroatoms. The van der Waals surface area contributed by atoms with E-state index in [1.807, 2.05) is 31.4 Å². The topological polar surface area (TPSA) is 41.1 Å². The lowest BCUT2D eigenvalue weighted by molar-refractivity contribution is 0.720. The van der Waals surface area contributed by atoms with Gasteiger partial charge >= 0.3 is 0 Å². The van der Waals surface area contributed by atoms with E-state index in [1.54, 1.807) is 0 Å². The molecule has 0 spiro atoms. The molecular weight excluding hydrogens is 164 g/mol. The van der Waals surface area contributed by atoms with Crippen LogP contribution in [0.3, 0.4) is 0 Å². The Bertz CT molecular complexity index is 242. The van der Waals surface area contributed by atoms with Gasteiger partial charge in [0, 0.05) is 38.6 Å². The molecule has 0 aliphatic rings. The Morgan fingerprint density at radius 1 is 1.31 bits per heavy atom. The largest absolute Gasteiger partial charge is 0.347 e. The van der Waals surface area contributed by atoms with Crippen molar-refractivity contribution >= 4 is 5.95 Å². The molecule has 1 N–H and O–H groups in total. The summed E-state index contributed by atoms with van der Waals surface area (Å²) in [5.74, 6) is 0.750. The average Bonchev–Trinajstić information content (AvgIpc) is 2.15. The first-order valence-corrected chi connectivity index (χ1v) is 4.43. The number of aromatic nitrogens is 2. The zero-order valence-corrected chi connectivity index (χ0v) is 8.41. The summed E-state index contributed by atoms with van der Waals surface area (Å²) in [6, 6.07) is 0. The van der Waals surface area contributed by atoms with Gasteiger partial charge in [0.05, 0.1) is 0 Å². The number of nitrogens with zero attached hydrogens (tertiary/aromatic N) is 3. The molecule has 72 valence electrons. The van der Waals surface area contributed by atoms with Crippen molar-refractivity contribution in [3.63, 3.8) is 0 Å². The van der Waals surface area contributed by atoms with Crippen LogP contribution in [0.15, 0.2) is 12.4 Å². The third kappa shape index (κ3) is 2.99. The number of nitrogens with one attached hydrogen (secondary N) is 1. The van der Waals surface area contributed by atoms with Crippen LogP contribution in [0.2, 0.25) is 0 Å². The molecule has 0 radical (unpaired) electrons. The normalized spacial score (nSPS) is 10.1. The summed E-state index contributed by atoms with van der Waals surface area (Å²) in [5.41, 5.74) is 1.12. The summed E-state index contributed by atoms with van der Waals surface area (Å²) < 4.78 is 0. The quantitative estimate of drug-likeness (QED) is 0.738. The summed E-state index contributed by atoms with van der Waals surface area (Å²) >= 11 is 0. The van der Waals surface area contributed by atoms with E-state index in [0.29, 0.717) is 0 Å². The van der Waals surface area contributed by atoms with Crippen molar-refractivity contribution in [2.75, 3.05) is 25.5 Å². The van der Waals surface area contributed by atoms with Gasteiger partial charge in [-0.3, -0.25) is 0 Å². The van der Waals surface area contributed by atoms with E-state index in [1.165, 1.54) is 0 Å². The van der Waals surface area contributed by atoms with Crippen molar-refractivity contribution in [3.8, 4) is 0 Å². The highest BCUT2D eigenvalue weighted by atomic mass is 15.2. The summed E-state index contributed by atoms with van der Waals surface area (Å²) in [6.07, 6.45) is 3.70. The van der Waals surface area contributed by atoms with Gasteiger partial charge in [-0.15, -0.1) is 0 Å². The molecule has 0 aliphatic heterocycles. The van der Waals surface area contributed by atoms with Crippen LogP contribution < -0.4 is 10.2 Å². The van der Waals surface area contributed by atoms with Gasteiger partial charge in [0.2, 0.25) is 5.95 Å². The maximum atomic E-state index is 4.21. The second-order valence-corrected chi connectivity index (χ2v) is 3.07. The Morgan fingerprint density at radius 3 is 2.38 bits per heavy atom. The van der Waals surface area contributed by atoms with E-state index < -0.39 is 0 Å². The molecule has 0 amide bonds. The van der Waals surface area contributed by atoms with Crippen molar-refractivity contribution in [2.24, 2.45) is 0 Å². The van der Waals surface area contributed by atoms with Gasteiger partial charge in [0.1, 0.15) is 0 Å². The molecule has 0 saturated heterocycles. The van der Waals surface area contributed by atoms with E-state index in [4.69, 9.17) is 0 Å². The smallest absolute Gasteiger partial charge is 0.224 e. The van der Waals surface area contributed by atoms with Crippen molar-refractivity contribution in [1.82, 2.24) is 15.3 Å². The van der Waals surface area contributed by atoms with Crippen molar-refractivity contribution in [3.05, 3.63) is 18.0 Å². The maximum absolute atomic E-state index is 4.21. The molecule has 0 aliphatic carbocycles. The van der Waals surface area contributed by atoms with E-state index >= 15 is 0 Å². The summed E-state index contributed by atoms with van der Waals surface area (Å²) in [5, 5.41) is 3.22. The summed E-state index contributed by atoms with van der Waals surface area (Å²) in [4.78, 5) is 10.3. The van der Waals surface area contributed by atoms with Crippen LogP contribution in [0.4, 0.5) is 5.95 Å². The van der Waals surface area contributed by atoms with Crippen LogP contribution in [-0.4, -0.2) is 30.6 Å². The number of rotatable bonds is 4. The minimum Gasteiger partial charge on any atom is -0.347 e. The molecule has 0 aromatic carbocycles. The van der Waals surface area contributed by atoms with Crippen LogP contribution in [0.25, 0.3) is 0 Å². The Kier molecular flexibility index (Phi) is 3.64. The molecule has 0 unspecified atom stereocenters. The lowest BCUT2D eigenvalue weighted by Gasteiger charge is -2.09. The molecule has 4 nitrogen and oxygen atoms in total. The zero-order valence-electron chi connectivity index (χ0n) is 8.41. The number of hydrogen-bond acceptors (Lipinski definition) is 4. The number of hydrogen-bond donors (Lipinski definition) is 1. The summed E-state index contributed by atoms with van der Waals surface area (Å²) in [7, 11) is 3.86. The van der Waals surface area contributed by atoms with Gasteiger partial charge in [-0.2, -0.15) is 0 Å². The van der Waals surface area contributed by atoms with Crippen LogP contribution in [0.5, 0.6) is 0 Å². The Morgan fingerprint density at radius 2 is 1.92 bits per heavy atom. The first-order chi connectivity index (χ1) is 6.24. The second-order valence-electron chi connectivity index (χ2n) is 3.07. The number of anilines is 1. The van der Waals surface area contributed by atoms with Gasteiger partial charge in [0.15, 0.2) is 0 Å². The third-order valence-electron chi connectivity index (χ3n) is 1.67. The molecule has 1 aromatic heterocycles. The zero-order chi connectivity index (χ0) is 9.68. The van der Waals surface area contributed by atoms with Gasteiger partial charge in [-0.05, 0) is 6.54 Å². The van der Waals surface area contributed by atoms with E-state index in [0.717, 1.165) is 24.6 Å². The SMILES string of the molecule is CCNCc1cnc(N(C)C)nc1. The second kappa shape index (κ2) is 4.77. The van der Waals surface area contributed by atoms with E-state index in [2.05, 4.69) is 22.2 Å². The van der Waals surface area contributed by atoms with Gasteiger partial charge in [0.25, 0.3) is 0 Å². The predicted molar refractivity (Wildman–Crippen MR) is 53.7 cm³/mol. The van der Waals surface area contributed by atoms with E-state index in [9.17, 15) is 0 Å². The van der Waals surface area contributed by atoms with Crippen LogP contribution in [0.1, 0.15) is 12.5 Å². The lowest BCUT2D eigenvalue weighted by Crippen LogP contribution is -2.15. The average molecular weight is 180 g/mol. The molecule has 1 heterocycles. The van der Waals surface area contributed by atoms with Crippen LogP contribution in [0, 0.1) is 0 Å². The first kappa shape index (κ1) is 9.92. The van der Waals surface area contributed by atoms with Crippen LogP contribution >= 0.6 is 0 Å². The fraction of sp³-hybridized carbons (Fsp3) is 0.556. The highest BCUT2D eigenvalue weighted by Gasteiger charge is 1.97. The molecule has 0 atom stereocenters. The lowest BCUT2D eigenvalue weighted by atomic mass is 10.3. The first-order valence-electron chi connectivity index (χ1n) is 4.43. The third-order valence-corrected chi connectivity index (χ3v) is 1.67. The molecule has 0 fully saturated rings. The summed E-state index contributed by atoms with van der Waals surface area (Å²) in [6.45, 7) is 3.88. The van der Waals surface area contributed by atoms with Crippen molar-refractivity contribution in [1.29, 1.82) is 0 Å². The minimum absolute atomic E-state index is 0.750. The monoisotopic (exact) mass is 180 g/mol. The highest BCUT2D eigenvalue weighted by molar-refractivity contribution is 5.26. The van der Waals surface area contributed by atoms with Gasteiger partial charge in [-0.25, -0.2) is 9.97 Å². The minimum atomic E-state index is 0.750. The van der Waals surface area contributed by atoms with Crippen molar-refractivity contribution in [2.45, 2.75) is 13.5 Å². The van der Waals surface area contributed by atoms with Crippen LogP contribution in [-0.2, 0) is 6.54 Å². The highest BCUT2D eigenvalue weighted by Crippen LogP contribution is 2.02. The fourth-order valence-corrected chi connectivity index (χ4v) is 0.940. The fourth-order valence-electron chi connectivity index (χ4n) is 0.940. The molecule has 13 heavy (non-hydrogen) atoms. The standard InChI is InChI=1S/C9H16N4/c1-4-10-5-8-6-11-9(12-7-8)13(2)3/h6-7,10H,4-5H2,1-3H3. The van der Waals surface area contributed by atoms with Gasteiger partial charge in [-0.1, -0.05) is 6.92 Å².